The van der Waals surface area contributed by atoms with Gasteiger partial charge in [0.1, 0.15) is 5.75 Å². The van der Waals surface area contributed by atoms with Crippen molar-refractivity contribution in [3.63, 3.8) is 0 Å². The minimum absolute atomic E-state index is 0.293. The minimum atomic E-state index is 0.293. The van der Waals surface area contributed by atoms with Gasteiger partial charge in [-0.15, -0.1) is 0 Å². The van der Waals surface area contributed by atoms with Crippen molar-refractivity contribution >= 4 is 0 Å². The second kappa shape index (κ2) is 9.75. The van der Waals surface area contributed by atoms with Gasteiger partial charge >= 0.3 is 0 Å². The number of benzene rings is 2. The minimum Gasteiger partial charge on any atom is -0.468 e. The zero-order chi connectivity index (χ0) is 18.0. The van der Waals surface area contributed by atoms with Gasteiger partial charge in [0.25, 0.3) is 0 Å². The summed E-state index contributed by atoms with van der Waals surface area (Å²) < 4.78 is 12.6. The summed E-state index contributed by atoms with van der Waals surface area (Å²) in [4.78, 5) is 0. The molecule has 136 valence electrons. The maximum Gasteiger partial charge on any atom is 0.189 e. The SMILES string of the molecule is CCOCOc1ccc(CNCc2cnn(Cc3ccccc3)c2)cc1. The molecule has 0 fully saturated rings. The first-order valence-electron chi connectivity index (χ1n) is 8.89. The molecule has 0 aliphatic rings. The molecule has 1 heterocycles. The number of rotatable bonds is 10. The van der Waals surface area contributed by atoms with Crippen LogP contribution in [0.3, 0.4) is 0 Å². The van der Waals surface area contributed by atoms with Crippen LogP contribution in [0.4, 0.5) is 0 Å². The molecule has 0 bridgehead atoms. The van der Waals surface area contributed by atoms with Crippen molar-refractivity contribution in [2.24, 2.45) is 0 Å². The van der Waals surface area contributed by atoms with Gasteiger partial charge in [-0.25, -0.2) is 0 Å². The van der Waals surface area contributed by atoms with E-state index >= 15 is 0 Å². The molecule has 0 radical (unpaired) electrons. The Labute approximate surface area is 154 Å². The van der Waals surface area contributed by atoms with E-state index in [2.05, 4.69) is 53.0 Å². The van der Waals surface area contributed by atoms with Gasteiger partial charge in [0.05, 0.1) is 12.7 Å². The summed E-state index contributed by atoms with van der Waals surface area (Å²) in [5.74, 6) is 0.824. The number of aromatic nitrogens is 2. The summed E-state index contributed by atoms with van der Waals surface area (Å²) in [5, 5.41) is 7.88. The second-order valence-corrected chi connectivity index (χ2v) is 6.03. The van der Waals surface area contributed by atoms with Crippen molar-refractivity contribution in [1.29, 1.82) is 0 Å². The van der Waals surface area contributed by atoms with E-state index in [1.54, 1.807) is 0 Å². The molecule has 0 saturated carbocycles. The molecule has 26 heavy (non-hydrogen) atoms. The Kier molecular flexibility index (Phi) is 6.81. The Morgan fingerprint density at radius 2 is 1.69 bits per heavy atom. The number of hydrogen-bond donors (Lipinski definition) is 1. The highest BCUT2D eigenvalue weighted by molar-refractivity contribution is 5.27. The first-order chi connectivity index (χ1) is 12.8. The molecule has 0 saturated heterocycles. The maximum atomic E-state index is 5.47. The smallest absolute Gasteiger partial charge is 0.189 e. The Morgan fingerprint density at radius 1 is 0.923 bits per heavy atom. The predicted molar refractivity (Wildman–Crippen MR) is 102 cm³/mol. The summed E-state index contributed by atoms with van der Waals surface area (Å²) in [6.07, 6.45) is 4.01. The molecule has 0 atom stereocenters. The number of hydrogen-bond acceptors (Lipinski definition) is 4. The van der Waals surface area contributed by atoms with Crippen LogP contribution in [0.25, 0.3) is 0 Å². The molecule has 1 N–H and O–H groups in total. The van der Waals surface area contributed by atoms with Gasteiger partial charge in [-0.1, -0.05) is 42.5 Å². The van der Waals surface area contributed by atoms with Crippen LogP contribution < -0.4 is 10.1 Å². The Hall–Kier alpha value is -2.63. The lowest BCUT2D eigenvalue weighted by Gasteiger charge is -2.07. The highest BCUT2D eigenvalue weighted by Gasteiger charge is 2.01. The quantitative estimate of drug-likeness (QED) is 0.448. The fourth-order valence-electron chi connectivity index (χ4n) is 2.60. The molecule has 0 aliphatic carbocycles. The standard InChI is InChI=1S/C21H25N3O2/c1-2-25-17-26-21-10-8-18(9-11-21)12-22-13-20-14-23-24(16-20)15-19-6-4-3-5-7-19/h3-11,14,16,22H,2,12-13,15,17H2,1H3. The largest absolute Gasteiger partial charge is 0.468 e. The van der Waals surface area contributed by atoms with Gasteiger partial charge in [0.2, 0.25) is 0 Å². The maximum absolute atomic E-state index is 5.47. The summed E-state index contributed by atoms with van der Waals surface area (Å²) >= 11 is 0. The van der Waals surface area contributed by atoms with Gasteiger partial charge in [-0.3, -0.25) is 4.68 Å². The zero-order valence-corrected chi connectivity index (χ0v) is 15.1. The third-order valence-electron chi connectivity index (χ3n) is 3.97. The van der Waals surface area contributed by atoms with Crippen LogP contribution in [0.5, 0.6) is 5.75 Å². The monoisotopic (exact) mass is 351 g/mol. The van der Waals surface area contributed by atoms with Crippen molar-refractivity contribution in [2.75, 3.05) is 13.4 Å². The molecule has 0 amide bonds. The summed E-state index contributed by atoms with van der Waals surface area (Å²) in [6.45, 7) is 5.28. The topological polar surface area (TPSA) is 48.3 Å². The molecule has 5 heteroatoms. The van der Waals surface area contributed by atoms with Crippen LogP contribution in [0.2, 0.25) is 0 Å². The zero-order valence-electron chi connectivity index (χ0n) is 15.1. The lowest BCUT2D eigenvalue weighted by Crippen LogP contribution is -2.12. The lowest BCUT2D eigenvalue weighted by molar-refractivity contribution is 0.0224. The predicted octanol–water partition coefficient (Wildman–Crippen LogP) is 3.59. The van der Waals surface area contributed by atoms with Gasteiger partial charge in [-0.05, 0) is 30.2 Å². The molecule has 1 aromatic heterocycles. The second-order valence-electron chi connectivity index (χ2n) is 6.03. The Morgan fingerprint density at radius 3 is 2.46 bits per heavy atom. The van der Waals surface area contributed by atoms with E-state index in [9.17, 15) is 0 Å². The summed E-state index contributed by atoms with van der Waals surface area (Å²) in [5.41, 5.74) is 3.64. The summed E-state index contributed by atoms with van der Waals surface area (Å²) in [7, 11) is 0. The van der Waals surface area contributed by atoms with E-state index in [0.717, 1.165) is 25.4 Å². The van der Waals surface area contributed by atoms with Crippen molar-refractivity contribution in [3.05, 3.63) is 83.7 Å². The van der Waals surface area contributed by atoms with Gasteiger partial charge in [0.15, 0.2) is 6.79 Å². The first-order valence-corrected chi connectivity index (χ1v) is 8.89. The van der Waals surface area contributed by atoms with E-state index in [0.29, 0.717) is 13.4 Å². The Balaban J connectivity index is 1.42. The van der Waals surface area contributed by atoms with Crippen LogP contribution in [-0.2, 0) is 24.4 Å². The molecule has 2 aromatic carbocycles. The normalized spacial score (nSPS) is 10.8. The van der Waals surface area contributed by atoms with Gasteiger partial charge < -0.3 is 14.8 Å². The summed E-state index contributed by atoms with van der Waals surface area (Å²) in [6, 6.07) is 18.4. The molecule has 0 aliphatic heterocycles. The van der Waals surface area contributed by atoms with E-state index in [1.807, 2.05) is 36.0 Å². The van der Waals surface area contributed by atoms with Crippen LogP contribution in [0.15, 0.2) is 67.0 Å². The molecule has 3 aromatic rings. The number of nitrogens with one attached hydrogen (secondary N) is 1. The van der Waals surface area contributed by atoms with Gasteiger partial charge in [-0.2, -0.15) is 5.10 Å². The number of ether oxygens (including phenoxy) is 2. The highest BCUT2D eigenvalue weighted by atomic mass is 16.7. The Bertz CT molecular complexity index is 769. The first kappa shape index (κ1) is 18.2. The van der Waals surface area contributed by atoms with Crippen LogP contribution in [0.1, 0.15) is 23.6 Å². The van der Waals surface area contributed by atoms with E-state index in [4.69, 9.17) is 9.47 Å². The van der Waals surface area contributed by atoms with Crippen LogP contribution in [-0.4, -0.2) is 23.2 Å². The van der Waals surface area contributed by atoms with E-state index in [1.165, 1.54) is 16.7 Å². The average Bonchev–Trinajstić information content (AvgIpc) is 3.11. The van der Waals surface area contributed by atoms with Gasteiger partial charge in [0, 0.05) is 31.5 Å². The molecule has 5 nitrogen and oxygen atoms in total. The van der Waals surface area contributed by atoms with Crippen molar-refractivity contribution in [3.8, 4) is 5.75 Å². The van der Waals surface area contributed by atoms with Crippen LogP contribution in [0, 0.1) is 0 Å². The molecule has 0 spiro atoms. The average molecular weight is 351 g/mol. The van der Waals surface area contributed by atoms with E-state index < -0.39 is 0 Å². The lowest BCUT2D eigenvalue weighted by atomic mass is 10.2. The molecule has 0 unspecified atom stereocenters. The van der Waals surface area contributed by atoms with E-state index in [-0.39, 0.29) is 0 Å². The fourth-order valence-corrected chi connectivity index (χ4v) is 2.60. The van der Waals surface area contributed by atoms with Crippen LogP contribution >= 0.6 is 0 Å². The van der Waals surface area contributed by atoms with Crippen molar-refractivity contribution < 1.29 is 9.47 Å². The van der Waals surface area contributed by atoms with Crippen molar-refractivity contribution in [1.82, 2.24) is 15.1 Å². The fraction of sp³-hybridized carbons (Fsp3) is 0.286. The molecular weight excluding hydrogens is 326 g/mol. The molecule has 3 rings (SSSR count). The third kappa shape index (κ3) is 5.72. The molecular formula is C21H25N3O2. The van der Waals surface area contributed by atoms with Crippen molar-refractivity contribution in [2.45, 2.75) is 26.6 Å². The third-order valence-corrected chi connectivity index (χ3v) is 3.97. The number of nitrogens with zero attached hydrogens (tertiary/aromatic N) is 2. The highest BCUT2D eigenvalue weighted by Crippen LogP contribution is 2.12.